The van der Waals surface area contributed by atoms with Gasteiger partial charge in [-0.3, -0.25) is 0 Å². The predicted molar refractivity (Wildman–Crippen MR) is 56.3 cm³/mol. The summed E-state index contributed by atoms with van der Waals surface area (Å²) in [6.45, 7) is 8.92. The van der Waals surface area contributed by atoms with E-state index in [0.717, 1.165) is 0 Å². The summed E-state index contributed by atoms with van der Waals surface area (Å²) in [6.07, 6.45) is 0.0793. The van der Waals surface area contributed by atoms with Gasteiger partial charge in [0, 0.05) is 12.5 Å². The molecule has 1 aliphatic rings. The van der Waals surface area contributed by atoms with Gasteiger partial charge in [0.2, 0.25) is 0 Å². The highest BCUT2D eigenvalue weighted by Gasteiger charge is 2.44. The monoisotopic (exact) mass is 216 g/mol. The number of hydrogen-bond donors (Lipinski definition) is 2. The lowest BCUT2D eigenvalue weighted by molar-refractivity contribution is -0.157. The van der Waals surface area contributed by atoms with E-state index in [2.05, 4.69) is 6.58 Å². The molecule has 88 valence electrons. The Bertz CT molecular complexity index is 227. The number of ether oxygens (including phenoxy) is 2. The Morgan fingerprint density at radius 3 is 2.53 bits per heavy atom. The molecule has 0 unspecified atom stereocenters. The van der Waals surface area contributed by atoms with Gasteiger partial charge < -0.3 is 19.7 Å². The van der Waals surface area contributed by atoms with Crippen LogP contribution in [-0.2, 0) is 9.47 Å². The summed E-state index contributed by atoms with van der Waals surface area (Å²) in [4.78, 5) is 0. The summed E-state index contributed by atoms with van der Waals surface area (Å²) < 4.78 is 11.1. The van der Waals surface area contributed by atoms with Crippen molar-refractivity contribution in [2.45, 2.75) is 44.9 Å². The van der Waals surface area contributed by atoms with Gasteiger partial charge in [-0.05, 0) is 13.8 Å². The van der Waals surface area contributed by atoms with Crippen LogP contribution in [0.15, 0.2) is 12.7 Å². The Kier molecular flexibility index (Phi) is 3.89. The molecule has 0 aliphatic carbocycles. The fourth-order valence-electron chi connectivity index (χ4n) is 1.70. The van der Waals surface area contributed by atoms with E-state index in [0.29, 0.717) is 0 Å². The fourth-order valence-corrected chi connectivity index (χ4v) is 1.70. The van der Waals surface area contributed by atoms with Crippen LogP contribution < -0.4 is 0 Å². The molecule has 4 heteroatoms. The van der Waals surface area contributed by atoms with Gasteiger partial charge in [-0.15, -0.1) is 6.58 Å². The van der Waals surface area contributed by atoms with Gasteiger partial charge in [0.15, 0.2) is 5.79 Å². The van der Waals surface area contributed by atoms with E-state index in [-0.39, 0.29) is 18.6 Å². The molecule has 15 heavy (non-hydrogen) atoms. The molecule has 0 spiro atoms. The third-order valence-corrected chi connectivity index (χ3v) is 2.60. The number of rotatable bonds is 4. The summed E-state index contributed by atoms with van der Waals surface area (Å²) in [7, 11) is 0. The average Bonchev–Trinajstić information content (AvgIpc) is 2.51. The summed E-state index contributed by atoms with van der Waals surface area (Å²) in [5.74, 6) is -0.949. The molecule has 1 fully saturated rings. The van der Waals surface area contributed by atoms with Crippen molar-refractivity contribution in [3.63, 3.8) is 0 Å². The SMILES string of the molecule is C=C[C@H]1OC(C)(C)O[C@@H]1[C@@H](O)[C@@H](C)CO. The lowest BCUT2D eigenvalue weighted by atomic mass is 9.97. The van der Waals surface area contributed by atoms with Crippen molar-refractivity contribution in [1.29, 1.82) is 0 Å². The second kappa shape index (κ2) is 4.61. The van der Waals surface area contributed by atoms with Gasteiger partial charge in [0.25, 0.3) is 0 Å². The molecule has 0 radical (unpaired) electrons. The highest BCUT2D eigenvalue weighted by Crippen LogP contribution is 2.32. The molecule has 1 heterocycles. The van der Waals surface area contributed by atoms with Gasteiger partial charge in [-0.25, -0.2) is 0 Å². The van der Waals surface area contributed by atoms with Crippen molar-refractivity contribution < 1.29 is 19.7 Å². The minimum atomic E-state index is -0.750. The van der Waals surface area contributed by atoms with Gasteiger partial charge in [0.1, 0.15) is 12.2 Å². The zero-order chi connectivity index (χ0) is 11.6. The minimum Gasteiger partial charge on any atom is -0.396 e. The molecule has 0 aromatic carbocycles. The summed E-state index contributed by atoms with van der Waals surface area (Å²) in [6, 6.07) is 0. The van der Waals surface area contributed by atoms with E-state index in [1.54, 1.807) is 26.8 Å². The van der Waals surface area contributed by atoms with Crippen LogP contribution in [0.4, 0.5) is 0 Å². The molecule has 0 aromatic heterocycles. The zero-order valence-corrected chi connectivity index (χ0v) is 9.51. The molecular weight excluding hydrogens is 196 g/mol. The van der Waals surface area contributed by atoms with E-state index < -0.39 is 18.0 Å². The molecule has 0 saturated carbocycles. The summed E-state index contributed by atoms with van der Waals surface area (Å²) >= 11 is 0. The summed E-state index contributed by atoms with van der Waals surface area (Å²) in [5.41, 5.74) is 0. The number of aliphatic hydroxyl groups is 2. The van der Waals surface area contributed by atoms with Gasteiger partial charge >= 0.3 is 0 Å². The molecular formula is C11H20O4. The van der Waals surface area contributed by atoms with Crippen LogP contribution in [0.1, 0.15) is 20.8 Å². The van der Waals surface area contributed by atoms with Crippen LogP contribution in [0.2, 0.25) is 0 Å². The van der Waals surface area contributed by atoms with E-state index in [4.69, 9.17) is 14.6 Å². The Morgan fingerprint density at radius 1 is 1.47 bits per heavy atom. The van der Waals surface area contributed by atoms with Gasteiger partial charge in [-0.2, -0.15) is 0 Å². The standard InChI is InChI=1S/C11H20O4/c1-5-8-10(9(13)7(2)6-12)15-11(3,4)14-8/h5,7-10,12-13H,1,6H2,2-4H3/t7-,8+,9-,10-/m0/s1. The molecule has 1 rings (SSSR count). The van der Waals surface area contributed by atoms with E-state index in [9.17, 15) is 5.11 Å². The van der Waals surface area contributed by atoms with E-state index in [1.165, 1.54) is 0 Å². The van der Waals surface area contributed by atoms with Crippen LogP contribution in [0.5, 0.6) is 0 Å². The molecule has 2 N–H and O–H groups in total. The molecule has 0 aromatic rings. The first-order valence-corrected chi connectivity index (χ1v) is 5.18. The van der Waals surface area contributed by atoms with Crippen LogP contribution in [0.3, 0.4) is 0 Å². The zero-order valence-electron chi connectivity index (χ0n) is 9.51. The maximum atomic E-state index is 9.94. The quantitative estimate of drug-likeness (QED) is 0.679. The van der Waals surface area contributed by atoms with Crippen LogP contribution in [0.25, 0.3) is 0 Å². The van der Waals surface area contributed by atoms with Crippen molar-refractivity contribution >= 4 is 0 Å². The topological polar surface area (TPSA) is 58.9 Å². The second-order valence-corrected chi connectivity index (χ2v) is 4.45. The van der Waals surface area contributed by atoms with Gasteiger partial charge in [-0.1, -0.05) is 13.0 Å². The Labute approximate surface area is 90.5 Å². The third-order valence-electron chi connectivity index (χ3n) is 2.60. The van der Waals surface area contributed by atoms with Crippen LogP contribution >= 0.6 is 0 Å². The first-order valence-electron chi connectivity index (χ1n) is 5.18. The van der Waals surface area contributed by atoms with Gasteiger partial charge in [0.05, 0.1) is 6.10 Å². The Hall–Kier alpha value is -0.420. The first-order chi connectivity index (χ1) is 6.91. The highest BCUT2D eigenvalue weighted by atomic mass is 16.8. The predicted octanol–water partition coefficient (Wildman–Crippen LogP) is 0.682. The lowest BCUT2D eigenvalue weighted by Gasteiger charge is -2.25. The van der Waals surface area contributed by atoms with Crippen molar-refractivity contribution in [2.75, 3.05) is 6.61 Å². The Morgan fingerprint density at radius 2 is 2.07 bits per heavy atom. The van der Waals surface area contributed by atoms with Crippen molar-refractivity contribution in [2.24, 2.45) is 5.92 Å². The maximum absolute atomic E-state index is 9.94. The fraction of sp³-hybridized carbons (Fsp3) is 0.818. The van der Waals surface area contributed by atoms with Crippen molar-refractivity contribution in [3.8, 4) is 0 Å². The maximum Gasteiger partial charge on any atom is 0.164 e. The summed E-state index contributed by atoms with van der Waals surface area (Å²) in [5, 5.41) is 18.9. The van der Waals surface area contributed by atoms with E-state index in [1.807, 2.05) is 0 Å². The molecule has 1 saturated heterocycles. The molecule has 4 atom stereocenters. The largest absolute Gasteiger partial charge is 0.396 e. The number of aliphatic hydroxyl groups excluding tert-OH is 2. The minimum absolute atomic E-state index is 0.0781. The molecule has 4 nitrogen and oxygen atoms in total. The molecule has 1 aliphatic heterocycles. The molecule has 0 bridgehead atoms. The molecule has 0 amide bonds. The van der Waals surface area contributed by atoms with E-state index >= 15 is 0 Å². The first kappa shape index (κ1) is 12.6. The smallest absolute Gasteiger partial charge is 0.164 e. The second-order valence-electron chi connectivity index (χ2n) is 4.45. The van der Waals surface area contributed by atoms with Crippen LogP contribution in [-0.4, -0.2) is 40.9 Å². The highest BCUT2D eigenvalue weighted by molar-refractivity contribution is 4.97. The lowest BCUT2D eigenvalue weighted by Crippen LogP contribution is -2.40. The normalized spacial score (nSPS) is 33.7. The Balaban J connectivity index is 2.72. The van der Waals surface area contributed by atoms with Crippen LogP contribution in [0, 0.1) is 5.92 Å². The van der Waals surface area contributed by atoms with Crippen molar-refractivity contribution in [3.05, 3.63) is 12.7 Å². The van der Waals surface area contributed by atoms with Crippen molar-refractivity contribution in [1.82, 2.24) is 0 Å². The third kappa shape index (κ3) is 2.78. The average molecular weight is 216 g/mol. The number of hydrogen-bond acceptors (Lipinski definition) is 4.